The first-order valence-corrected chi connectivity index (χ1v) is 8.11. The van der Waals surface area contributed by atoms with Crippen LogP contribution in [0.25, 0.3) is 0 Å². The van der Waals surface area contributed by atoms with Crippen molar-refractivity contribution in [3.63, 3.8) is 0 Å². The number of hydrogen-bond donors (Lipinski definition) is 1. The summed E-state index contributed by atoms with van der Waals surface area (Å²) in [6.45, 7) is 10.0. The first kappa shape index (κ1) is 16.4. The van der Waals surface area contributed by atoms with E-state index in [1.165, 1.54) is 0 Å². The molecule has 0 aliphatic heterocycles. The van der Waals surface area contributed by atoms with E-state index in [1.807, 2.05) is 33.5 Å². The molecule has 0 heterocycles. The van der Waals surface area contributed by atoms with Crippen LogP contribution < -0.4 is 5.73 Å². The molecular formula is C9H22ClNO2Si. The van der Waals surface area contributed by atoms with E-state index in [9.17, 15) is 4.79 Å². The van der Waals surface area contributed by atoms with Gasteiger partial charge in [-0.1, -0.05) is 13.8 Å². The molecule has 0 amide bonds. The van der Waals surface area contributed by atoms with Gasteiger partial charge in [0.1, 0.15) is 6.04 Å². The topological polar surface area (TPSA) is 52.3 Å². The summed E-state index contributed by atoms with van der Waals surface area (Å²) < 4.78 is 5.28. The number of nitrogens with two attached hydrogens (primary N) is 1. The lowest BCUT2D eigenvalue weighted by atomic mass is 10.1. The third-order valence-electron chi connectivity index (χ3n) is 1.43. The Morgan fingerprint density at radius 1 is 1.36 bits per heavy atom. The van der Waals surface area contributed by atoms with Crippen molar-refractivity contribution in [1.29, 1.82) is 0 Å². The molecule has 3 nitrogen and oxygen atoms in total. The fourth-order valence-corrected chi connectivity index (χ4v) is 1.74. The van der Waals surface area contributed by atoms with Gasteiger partial charge in [-0.05, 0) is 32.0 Å². The Morgan fingerprint density at radius 2 is 1.79 bits per heavy atom. The lowest BCUT2D eigenvalue weighted by Gasteiger charge is -2.21. The average molecular weight is 240 g/mol. The maximum absolute atomic E-state index is 11.4. The molecular weight excluding hydrogens is 218 g/mol. The molecule has 0 aromatic rings. The van der Waals surface area contributed by atoms with Crippen molar-refractivity contribution in [3.05, 3.63) is 0 Å². The highest BCUT2D eigenvalue weighted by atomic mass is 35.5. The Hall–Kier alpha value is -0.0631. The van der Waals surface area contributed by atoms with E-state index in [0.717, 1.165) is 0 Å². The van der Waals surface area contributed by atoms with Gasteiger partial charge in [0.25, 0.3) is 0 Å². The monoisotopic (exact) mass is 239 g/mol. The molecule has 86 valence electrons. The van der Waals surface area contributed by atoms with Gasteiger partial charge in [-0.15, -0.1) is 12.4 Å². The first-order valence-electron chi connectivity index (χ1n) is 4.71. The summed E-state index contributed by atoms with van der Waals surface area (Å²) in [6.07, 6.45) is 0.698. The van der Waals surface area contributed by atoms with Gasteiger partial charge in [-0.2, -0.15) is 0 Å². The summed E-state index contributed by atoms with van der Waals surface area (Å²) in [7, 11) is -1.76. The molecule has 0 saturated carbocycles. The van der Waals surface area contributed by atoms with Crippen molar-refractivity contribution in [2.45, 2.75) is 46.0 Å². The van der Waals surface area contributed by atoms with Gasteiger partial charge in [-0.3, -0.25) is 4.79 Å². The van der Waals surface area contributed by atoms with Crippen LogP contribution in [0.4, 0.5) is 0 Å². The van der Waals surface area contributed by atoms with E-state index >= 15 is 0 Å². The van der Waals surface area contributed by atoms with Gasteiger partial charge in [-0.25, -0.2) is 0 Å². The van der Waals surface area contributed by atoms with Gasteiger partial charge >= 0.3 is 5.97 Å². The maximum Gasteiger partial charge on any atom is 0.309 e. The highest BCUT2D eigenvalue weighted by Gasteiger charge is 2.24. The molecule has 5 heteroatoms. The van der Waals surface area contributed by atoms with E-state index in [0.29, 0.717) is 12.3 Å². The molecule has 0 aromatic carbocycles. The van der Waals surface area contributed by atoms with Gasteiger partial charge in [0.15, 0.2) is 0 Å². The Bertz CT molecular complexity index is 180. The Kier molecular flexibility index (Phi) is 7.51. The van der Waals surface area contributed by atoms with Crippen LogP contribution in [0.3, 0.4) is 0 Å². The largest absolute Gasteiger partial charge is 0.519 e. The van der Waals surface area contributed by atoms with Crippen LogP contribution in [-0.4, -0.2) is 20.3 Å². The highest BCUT2D eigenvalue weighted by molar-refractivity contribution is 6.71. The van der Waals surface area contributed by atoms with Gasteiger partial charge < -0.3 is 10.2 Å². The zero-order valence-electron chi connectivity index (χ0n) is 9.66. The summed E-state index contributed by atoms with van der Waals surface area (Å²) in [4.78, 5) is 11.4. The Labute approximate surface area is 93.9 Å². The molecule has 0 spiro atoms. The van der Waals surface area contributed by atoms with Gasteiger partial charge in [0.05, 0.1) is 0 Å². The third-order valence-corrected chi connectivity index (χ3v) is 2.25. The Balaban J connectivity index is 0. The number of rotatable bonds is 4. The van der Waals surface area contributed by atoms with E-state index in [-0.39, 0.29) is 18.4 Å². The third kappa shape index (κ3) is 8.53. The fourth-order valence-electron chi connectivity index (χ4n) is 0.982. The molecule has 2 N–H and O–H groups in total. The molecule has 0 bridgehead atoms. The molecule has 0 aliphatic rings. The summed E-state index contributed by atoms with van der Waals surface area (Å²) in [5, 5.41) is 0. The SMILES string of the molecule is CC(C)C[C@H](N)C(=O)O[Si](C)(C)C.Cl. The van der Waals surface area contributed by atoms with E-state index in [2.05, 4.69) is 0 Å². The fraction of sp³-hybridized carbons (Fsp3) is 0.889. The zero-order chi connectivity index (χ0) is 10.6. The second kappa shape index (κ2) is 6.43. The van der Waals surface area contributed by atoms with Crippen molar-refractivity contribution in [1.82, 2.24) is 0 Å². The summed E-state index contributed by atoms with van der Waals surface area (Å²) in [5.41, 5.74) is 5.67. The van der Waals surface area contributed by atoms with Crippen LogP contribution in [-0.2, 0) is 9.22 Å². The standard InChI is InChI=1S/C9H21NO2Si.ClH/c1-7(2)6-8(10)9(11)12-13(3,4)5;/h7-8H,6,10H2,1-5H3;1H/t8-;/m0./s1. The molecule has 0 unspecified atom stereocenters. The number of carbonyl (C=O) groups is 1. The second-order valence-electron chi connectivity index (χ2n) is 4.77. The quantitative estimate of drug-likeness (QED) is 0.765. The van der Waals surface area contributed by atoms with Crippen LogP contribution in [0.15, 0.2) is 0 Å². The minimum atomic E-state index is -1.76. The predicted octanol–water partition coefficient (Wildman–Crippen LogP) is 2.16. The Morgan fingerprint density at radius 3 is 2.07 bits per heavy atom. The minimum absolute atomic E-state index is 0. The van der Waals surface area contributed by atoms with Crippen molar-refractivity contribution >= 4 is 26.7 Å². The highest BCUT2D eigenvalue weighted by Crippen LogP contribution is 2.08. The van der Waals surface area contributed by atoms with E-state index in [1.54, 1.807) is 0 Å². The normalized spacial score (nSPS) is 13.4. The van der Waals surface area contributed by atoms with Crippen LogP contribution in [0, 0.1) is 5.92 Å². The molecule has 0 saturated heterocycles. The summed E-state index contributed by atoms with van der Waals surface area (Å²) in [6, 6.07) is -0.452. The van der Waals surface area contributed by atoms with Crippen molar-refractivity contribution < 1.29 is 9.22 Å². The smallest absolute Gasteiger partial charge is 0.309 e. The number of halogens is 1. The molecule has 0 rings (SSSR count). The molecule has 0 aromatic heterocycles. The lowest BCUT2D eigenvalue weighted by Crippen LogP contribution is -2.40. The van der Waals surface area contributed by atoms with E-state index in [4.69, 9.17) is 10.2 Å². The predicted molar refractivity (Wildman–Crippen MR) is 64.1 cm³/mol. The van der Waals surface area contributed by atoms with Crippen molar-refractivity contribution in [3.8, 4) is 0 Å². The van der Waals surface area contributed by atoms with Crippen LogP contribution in [0.2, 0.25) is 19.6 Å². The molecule has 0 fully saturated rings. The van der Waals surface area contributed by atoms with Crippen molar-refractivity contribution in [2.24, 2.45) is 11.7 Å². The van der Waals surface area contributed by atoms with E-state index < -0.39 is 14.4 Å². The molecule has 0 aliphatic carbocycles. The van der Waals surface area contributed by atoms with Crippen LogP contribution in [0.5, 0.6) is 0 Å². The van der Waals surface area contributed by atoms with Gasteiger partial charge in [0.2, 0.25) is 8.32 Å². The van der Waals surface area contributed by atoms with Crippen LogP contribution >= 0.6 is 12.4 Å². The second-order valence-corrected chi connectivity index (χ2v) is 9.20. The van der Waals surface area contributed by atoms with Crippen molar-refractivity contribution in [2.75, 3.05) is 0 Å². The maximum atomic E-state index is 11.4. The number of hydrogen-bond acceptors (Lipinski definition) is 3. The molecule has 1 atom stereocenters. The van der Waals surface area contributed by atoms with Crippen LogP contribution in [0.1, 0.15) is 20.3 Å². The minimum Gasteiger partial charge on any atom is -0.519 e. The summed E-state index contributed by atoms with van der Waals surface area (Å²) >= 11 is 0. The van der Waals surface area contributed by atoms with Gasteiger partial charge in [0, 0.05) is 0 Å². The molecule has 14 heavy (non-hydrogen) atoms. The molecule has 0 radical (unpaired) electrons. The average Bonchev–Trinajstić information content (AvgIpc) is 1.81. The first-order chi connectivity index (χ1) is 5.72. The zero-order valence-corrected chi connectivity index (χ0v) is 11.5. The lowest BCUT2D eigenvalue weighted by molar-refractivity contribution is -0.136. The number of carbonyl (C=O) groups excluding carboxylic acids is 1. The summed E-state index contributed by atoms with van der Waals surface area (Å²) in [5.74, 6) is 0.192.